The second-order valence-electron chi connectivity index (χ2n) is 8.75. The van der Waals surface area contributed by atoms with Crippen LogP contribution in [0, 0.1) is 0 Å². The zero-order valence-electron chi connectivity index (χ0n) is 18.3. The average Bonchev–Trinajstić information content (AvgIpc) is 2.67. The molecule has 28 heavy (non-hydrogen) atoms. The van der Waals surface area contributed by atoms with Crippen LogP contribution in [0.5, 0.6) is 0 Å². The highest BCUT2D eigenvalue weighted by atomic mass is 16.3. The van der Waals surface area contributed by atoms with E-state index in [0.717, 1.165) is 12.8 Å². The van der Waals surface area contributed by atoms with Gasteiger partial charge in [0.1, 0.15) is 6.10 Å². The topological polar surface area (TPSA) is 60.7 Å². The van der Waals surface area contributed by atoms with Crippen LogP contribution in [0.2, 0.25) is 0 Å². The van der Waals surface area contributed by atoms with Gasteiger partial charge in [0.2, 0.25) is 0 Å². The molecule has 0 radical (unpaired) electrons. The molecule has 1 aliphatic carbocycles. The van der Waals surface area contributed by atoms with Gasteiger partial charge in [0, 0.05) is 6.42 Å². The normalized spacial score (nSPS) is 25.0. The minimum Gasteiger partial charge on any atom is -0.389 e. The van der Waals surface area contributed by atoms with Gasteiger partial charge in [-0.25, -0.2) is 0 Å². The Morgan fingerprint density at radius 3 is 1.82 bits per heavy atom. The number of rotatable bonds is 17. The van der Waals surface area contributed by atoms with Gasteiger partial charge in [-0.15, -0.1) is 0 Å². The molecule has 0 aliphatic heterocycles. The maximum atomic E-state index is 10.5. The first-order valence-electron chi connectivity index (χ1n) is 12.0. The van der Waals surface area contributed by atoms with Gasteiger partial charge < -0.3 is 15.3 Å². The highest BCUT2D eigenvalue weighted by molar-refractivity contribution is 5.09. The molecule has 0 fully saturated rings. The van der Waals surface area contributed by atoms with Gasteiger partial charge in [0.05, 0.1) is 11.7 Å². The van der Waals surface area contributed by atoms with Crippen molar-refractivity contribution in [2.24, 2.45) is 0 Å². The van der Waals surface area contributed by atoms with Gasteiger partial charge >= 0.3 is 0 Å². The zero-order chi connectivity index (χ0) is 20.5. The molecule has 0 saturated carbocycles. The predicted molar refractivity (Wildman–Crippen MR) is 119 cm³/mol. The standard InChI is InChI=1S/C25H46O3/c1-2-3-4-5-6-7-8-9-10-11-12-13-14-15-16-17-18-21-25(28)22-23(26)19-20-24(25)27/h5-6,19-20,23-24,26-28H,2-4,7-18,21-22H2,1H3/t23-,24-,25+/m1/s1. The molecule has 0 aromatic heterocycles. The average molecular weight is 395 g/mol. The maximum Gasteiger partial charge on any atom is 0.101 e. The third-order valence-electron chi connectivity index (χ3n) is 6.00. The Balaban J connectivity index is 1.83. The Kier molecular flexibility index (Phi) is 14.7. The fourth-order valence-electron chi connectivity index (χ4n) is 4.06. The lowest BCUT2D eigenvalue weighted by Gasteiger charge is -2.35. The van der Waals surface area contributed by atoms with Gasteiger partial charge in [0.25, 0.3) is 0 Å². The molecule has 0 saturated heterocycles. The molecule has 0 amide bonds. The summed E-state index contributed by atoms with van der Waals surface area (Å²) in [6, 6.07) is 0. The summed E-state index contributed by atoms with van der Waals surface area (Å²) in [6.07, 6.45) is 26.3. The molecule has 3 atom stereocenters. The van der Waals surface area contributed by atoms with E-state index in [1.54, 1.807) is 6.08 Å². The van der Waals surface area contributed by atoms with E-state index in [1.807, 2.05) is 0 Å². The molecule has 0 spiro atoms. The second-order valence-corrected chi connectivity index (χ2v) is 8.75. The van der Waals surface area contributed by atoms with E-state index in [0.29, 0.717) is 6.42 Å². The summed E-state index contributed by atoms with van der Waals surface area (Å²) in [7, 11) is 0. The van der Waals surface area contributed by atoms with E-state index in [2.05, 4.69) is 19.1 Å². The van der Waals surface area contributed by atoms with Crippen LogP contribution in [-0.4, -0.2) is 33.1 Å². The van der Waals surface area contributed by atoms with E-state index in [4.69, 9.17) is 0 Å². The number of unbranched alkanes of at least 4 members (excludes halogenated alkanes) is 13. The van der Waals surface area contributed by atoms with E-state index < -0.39 is 17.8 Å². The van der Waals surface area contributed by atoms with Crippen LogP contribution < -0.4 is 0 Å². The first-order chi connectivity index (χ1) is 13.6. The summed E-state index contributed by atoms with van der Waals surface area (Å²) in [4.78, 5) is 0. The first-order valence-corrected chi connectivity index (χ1v) is 12.0. The Hall–Kier alpha value is -0.640. The molecule has 3 N–H and O–H groups in total. The summed E-state index contributed by atoms with van der Waals surface area (Å²) in [5, 5.41) is 30.0. The smallest absolute Gasteiger partial charge is 0.101 e. The molecule has 3 nitrogen and oxygen atoms in total. The summed E-state index contributed by atoms with van der Waals surface area (Å²) >= 11 is 0. The Morgan fingerprint density at radius 2 is 1.25 bits per heavy atom. The van der Waals surface area contributed by atoms with Crippen LogP contribution >= 0.6 is 0 Å². The second kappa shape index (κ2) is 16.2. The van der Waals surface area contributed by atoms with Gasteiger partial charge in [-0.1, -0.05) is 108 Å². The molecule has 0 unspecified atom stereocenters. The molecule has 164 valence electrons. The lowest BCUT2D eigenvalue weighted by molar-refractivity contribution is -0.0884. The van der Waals surface area contributed by atoms with Crippen molar-refractivity contribution in [3.05, 3.63) is 24.3 Å². The quantitative estimate of drug-likeness (QED) is 0.203. The Labute approximate surface area is 173 Å². The molecule has 1 rings (SSSR count). The van der Waals surface area contributed by atoms with E-state index >= 15 is 0 Å². The molecule has 0 aromatic carbocycles. The lowest BCUT2D eigenvalue weighted by Crippen LogP contribution is -2.46. The van der Waals surface area contributed by atoms with Crippen molar-refractivity contribution in [3.8, 4) is 0 Å². The highest BCUT2D eigenvalue weighted by Crippen LogP contribution is 2.29. The summed E-state index contributed by atoms with van der Waals surface area (Å²) in [5.41, 5.74) is -1.14. The van der Waals surface area contributed by atoms with E-state index in [9.17, 15) is 15.3 Å². The molecule has 0 aromatic rings. The van der Waals surface area contributed by atoms with Gasteiger partial charge in [-0.2, -0.15) is 0 Å². The number of hydrogen-bond acceptors (Lipinski definition) is 3. The highest BCUT2D eigenvalue weighted by Gasteiger charge is 2.37. The molecular formula is C25H46O3. The van der Waals surface area contributed by atoms with Crippen molar-refractivity contribution in [1.82, 2.24) is 0 Å². The SMILES string of the molecule is CCCCC=CCCCCCCCCCCCCC[C@]1(O)C[C@H](O)C=C[C@H]1O. The van der Waals surface area contributed by atoms with Crippen LogP contribution in [0.1, 0.15) is 116 Å². The minimum absolute atomic E-state index is 0.250. The van der Waals surface area contributed by atoms with Crippen LogP contribution in [-0.2, 0) is 0 Å². The van der Waals surface area contributed by atoms with Gasteiger partial charge in [-0.05, 0) is 25.7 Å². The van der Waals surface area contributed by atoms with Crippen molar-refractivity contribution >= 4 is 0 Å². The Morgan fingerprint density at radius 1 is 0.750 bits per heavy atom. The maximum absolute atomic E-state index is 10.5. The summed E-state index contributed by atoms with van der Waals surface area (Å²) in [5.74, 6) is 0. The van der Waals surface area contributed by atoms with Crippen molar-refractivity contribution < 1.29 is 15.3 Å². The molecule has 0 heterocycles. The van der Waals surface area contributed by atoms with Gasteiger partial charge in [-0.3, -0.25) is 0 Å². The molecular weight excluding hydrogens is 348 g/mol. The van der Waals surface area contributed by atoms with Crippen molar-refractivity contribution in [1.29, 1.82) is 0 Å². The summed E-state index contributed by atoms with van der Waals surface area (Å²) in [6.45, 7) is 2.24. The molecule has 0 bridgehead atoms. The van der Waals surface area contributed by atoms with E-state index in [-0.39, 0.29) is 6.42 Å². The fraction of sp³-hybridized carbons (Fsp3) is 0.840. The molecule has 3 heteroatoms. The minimum atomic E-state index is -1.14. The number of aliphatic hydroxyl groups is 3. The Bertz CT molecular complexity index is 418. The number of hydrogen-bond donors (Lipinski definition) is 3. The monoisotopic (exact) mass is 394 g/mol. The lowest BCUT2D eigenvalue weighted by atomic mass is 9.81. The predicted octanol–water partition coefficient (Wildman–Crippen LogP) is 6.22. The largest absolute Gasteiger partial charge is 0.389 e. The molecule has 1 aliphatic rings. The third-order valence-corrected chi connectivity index (χ3v) is 6.00. The van der Waals surface area contributed by atoms with Crippen LogP contribution in [0.15, 0.2) is 24.3 Å². The van der Waals surface area contributed by atoms with Crippen LogP contribution in [0.4, 0.5) is 0 Å². The number of aliphatic hydroxyl groups excluding tert-OH is 2. The zero-order valence-corrected chi connectivity index (χ0v) is 18.3. The van der Waals surface area contributed by atoms with Crippen molar-refractivity contribution in [2.45, 2.75) is 134 Å². The number of allylic oxidation sites excluding steroid dienone is 2. The van der Waals surface area contributed by atoms with Crippen molar-refractivity contribution in [2.75, 3.05) is 0 Å². The third kappa shape index (κ3) is 12.0. The summed E-state index contributed by atoms with van der Waals surface area (Å²) < 4.78 is 0. The van der Waals surface area contributed by atoms with Crippen molar-refractivity contribution in [3.63, 3.8) is 0 Å². The van der Waals surface area contributed by atoms with Crippen LogP contribution in [0.3, 0.4) is 0 Å². The van der Waals surface area contributed by atoms with E-state index in [1.165, 1.54) is 89.5 Å². The van der Waals surface area contributed by atoms with Gasteiger partial charge in [0.15, 0.2) is 0 Å². The van der Waals surface area contributed by atoms with Crippen LogP contribution in [0.25, 0.3) is 0 Å². The fourth-order valence-corrected chi connectivity index (χ4v) is 4.06. The first kappa shape index (κ1) is 25.4.